The molecule has 1 aliphatic rings. The molecule has 1 aliphatic heterocycles. The molecule has 0 aromatic carbocycles. The number of carboxylic acid groups (broad SMARTS) is 1. The van der Waals surface area contributed by atoms with E-state index in [4.69, 9.17) is 4.74 Å². The van der Waals surface area contributed by atoms with Gasteiger partial charge in [-0.3, -0.25) is 9.78 Å². The highest BCUT2D eigenvalue weighted by molar-refractivity contribution is 5.96. The number of carboxylic acids is 1. The molecule has 1 N–H and O–H groups in total. The van der Waals surface area contributed by atoms with E-state index in [1.54, 1.807) is 19.1 Å². The van der Waals surface area contributed by atoms with Crippen molar-refractivity contribution in [2.24, 2.45) is 0 Å². The molecule has 6 heteroatoms. The van der Waals surface area contributed by atoms with Crippen molar-refractivity contribution in [2.75, 3.05) is 13.7 Å². The molecule has 2 atom stereocenters. The van der Waals surface area contributed by atoms with E-state index in [-0.39, 0.29) is 18.6 Å². The van der Waals surface area contributed by atoms with Gasteiger partial charge in [0, 0.05) is 26.3 Å². The first-order chi connectivity index (χ1) is 9.04. The molecular weight excluding hydrogens is 248 g/mol. The van der Waals surface area contributed by atoms with E-state index in [0.717, 1.165) is 5.56 Å². The number of pyridine rings is 1. The van der Waals surface area contributed by atoms with Crippen molar-refractivity contribution >= 4 is 11.9 Å². The fourth-order valence-electron chi connectivity index (χ4n) is 2.27. The fourth-order valence-corrected chi connectivity index (χ4v) is 2.27. The highest BCUT2D eigenvalue weighted by Gasteiger charge is 2.40. The number of rotatable bonds is 3. The molecule has 19 heavy (non-hydrogen) atoms. The van der Waals surface area contributed by atoms with Gasteiger partial charge in [-0.1, -0.05) is 6.07 Å². The number of aliphatic carboxylic acids is 1. The monoisotopic (exact) mass is 264 g/mol. The number of ether oxygens (including phenoxy) is 1. The van der Waals surface area contributed by atoms with Crippen molar-refractivity contribution in [3.8, 4) is 0 Å². The van der Waals surface area contributed by atoms with Crippen LogP contribution in [0, 0.1) is 6.92 Å². The van der Waals surface area contributed by atoms with Crippen molar-refractivity contribution in [3.05, 3.63) is 29.6 Å². The molecule has 2 heterocycles. The summed E-state index contributed by atoms with van der Waals surface area (Å²) in [6.45, 7) is 2.06. The van der Waals surface area contributed by atoms with E-state index in [0.29, 0.717) is 12.1 Å². The Balaban J connectivity index is 2.27. The normalized spacial score (nSPS) is 22.5. The second kappa shape index (κ2) is 5.36. The number of likely N-dealkylation sites (tertiary alicyclic amines) is 1. The van der Waals surface area contributed by atoms with Gasteiger partial charge in [0.2, 0.25) is 0 Å². The summed E-state index contributed by atoms with van der Waals surface area (Å²) in [5, 5.41) is 9.19. The Bertz CT molecular complexity index is 503. The van der Waals surface area contributed by atoms with Crippen LogP contribution in [0.2, 0.25) is 0 Å². The number of methoxy groups -OCH3 is 1. The van der Waals surface area contributed by atoms with Crippen LogP contribution in [-0.4, -0.2) is 52.7 Å². The van der Waals surface area contributed by atoms with E-state index < -0.39 is 12.0 Å². The Morgan fingerprint density at radius 1 is 1.53 bits per heavy atom. The van der Waals surface area contributed by atoms with E-state index >= 15 is 0 Å². The molecule has 1 fully saturated rings. The summed E-state index contributed by atoms with van der Waals surface area (Å²) in [6.07, 6.45) is 1.60. The van der Waals surface area contributed by atoms with Crippen LogP contribution in [-0.2, 0) is 9.53 Å². The number of carbonyl (C=O) groups excluding carboxylic acids is 1. The first-order valence-corrected chi connectivity index (χ1v) is 6.02. The van der Waals surface area contributed by atoms with Crippen molar-refractivity contribution in [1.29, 1.82) is 0 Å². The summed E-state index contributed by atoms with van der Waals surface area (Å²) in [7, 11) is 1.52. The van der Waals surface area contributed by atoms with Gasteiger partial charge in [-0.15, -0.1) is 0 Å². The number of hydrogen-bond acceptors (Lipinski definition) is 4. The zero-order chi connectivity index (χ0) is 14.0. The van der Waals surface area contributed by atoms with Crippen molar-refractivity contribution in [1.82, 2.24) is 9.88 Å². The SMILES string of the molecule is COC1CC(C(=O)O)N(C(=O)c2ncccc2C)C1. The molecule has 6 nitrogen and oxygen atoms in total. The van der Waals surface area contributed by atoms with Gasteiger partial charge in [0.1, 0.15) is 11.7 Å². The second-order valence-electron chi connectivity index (χ2n) is 4.57. The van der Waals surface area contributed by atoms with Crippen LogP contribution in [0.5, 0.6) is 0 Å². The lowest BCUT2D eigenvalue weighted by molar-refractivity contribution is -0.141. The van der Waals surface area contributed by atoms with Gasteiger partial charge in [-0.2, -0.15) is 0 Å². The Morgan fingerprint density at radius 2 is 2.26 bits per heavy atom. The second-order valence-corrected chi connectivity index (χ2v) is 4.57. The van der Waals surface area contributed by atoms with E-state index in [1.807, 2.05) is 0 Å². The maximum absolute atomic E-state index is 12.4. The lowest BCUT2D eigenvalue weighted by atomic mass is 10.1. The highest BCUT2D eigenvalue weighted by atomic mass is 16.5. The van der Waals surface area contributed by atoms with Gasteiger partial charge in [0.25, 0.3) is 5.91 Å². The van der Waals surface area contributed by atoms with Crippen molar-refractivity contribution in [2.45, 2.75) is 25.5 Å². The largest absolute Gasteiger partial charge is 0.480 e. The molecule has 0 aliphatic carbocycles. The molecule has 0 radical (unpaired) electrons. The summed E-state index contributed by atoms with van der Waals surface area (Å²) in [5.74, 6) is -1.37. The third-order valence-electron chi connectivity index (χ3n) is 3.35. The Kier molecular flexibility index (Phi) is 3.80. The number of carbonyl (C=O) groups is 2. The minimum Gasteiger partial charge on any atom is -0.480 e. The fraction of sp³-hybridized carbons (Fsp3) is 0.462. The van der Waals surface area contributed by atoms with E-state index in [2.05, 4.69) is 4.98 Å². The molecule has 1 aromatic heterocycles. The summed E-state index contributed by atoms with van der Waals surface area (Å²) in [6, 6.07) is 2.67. The van der Waals surface area contributed by atoms with Crippen LogP contribution < -0.4 is 0 Å². The van der Waals surface area contributed by atoms with Crippen LogP contribution in [0.1, 0.15) is 22.5 Å². The molecule has 1 saturated heterocycles. The zero-order valence-corrected chi connectivity index (χ0v) is 10.9. The number of amides is 1. The Labute approximate surface area is 111 Å². The molecule has 1 aromatic rings. The minimum atomic E-state index is -1.01. The number of aromatic nitrogens is 1. The quantitative estimate of drug-likeness (QED) is 0.869. The smallest absolute Gasteiger partial charge is 0.326 e. The average molecular weight is 264 g/mol. The molecule has 102 valence electrons. The van der Waals surface area contributed by atoms with Gasteiger partial charge in [0.15, 0.2) is 0 Å². The number of hydrogen-bond donors (Lipinski definition) is 1. The van der Waals surface area contributed by atoms with Gasteiger partial charge in [-0.25, -0.2) is 4.79 Å². The van der Waals surface area contributed by atoms with Crippen molar-refractivity contribution in [3.63, 3.8) is 0 Å². The Hall–Kier alpha value is -1.95. The van der Waals surface area contributed by atoms with Gasteiger partial charge < -0.3 is 14.7 Å². The molecule has 0 saturated carbocycles. The molecule has 0 bridgehead atoms. The summed E-state index contributed by atoms with van der Waals surface area (Å²) >= 11 is 0. The number of nitrogens with zero attached hydrogens (tertiary/aromatic N) is 2. The van der Waals surface area contributed by atoms with Gasteiger partial charge >= 0.3 is 5.97 Å². The lowest BCUT2D eigenvalue weighted by Crippen LogP contribution is -2.41. The van der Waals surface area contributed by atoms with Crippen LogP contribution in [0.25, 0.3) is 0 Å². The summed E-state index contributed by atoms with van der Waals surface area (Å²) < 4.78 is 5.16. The van der Waals surface area contributed by atoms with Gasteiger partial charge in [0.05, 0.1) is 6.10 Å². The summed E-state index contributed by atoms with van der Waals surface area (Å²) in [5.41, 5.74) is 1.03. The highest BCUT2D eigenvalue weighted by Crippen LogP contribution is 2.22. The molecule has 2 unspecified atom stereocenters. The predicted molar refractivity (Wildman–Crippen MR) is 66.8 cm³/mol. The van der Waals surface area contributed by atoms with Crippen LogP contribution in [0.3, 0.4) is 0 Å². The molecule has 1 amide bonds. The standard InChI is InChI=1S/C13H16N2O4/c1-8-4-3-5-14-11(8)12(16)15-7-9(19-2)6-10(15)13(17)18/h3-5,9-10H,6-7H2,1-2H3,(H,17,18). The Morgan fingerprint density at radius 3 is 2.84 bits per heavy atom. The molecular formula is C13H16N2O4. The first-order valence-electron chi connectivity index (χ1n) is 6.02. The predicted octanol–water partition coefficient (Wildman–Crippen LogP) is 0.704. The molecule has 2 rings (SSSR count). The third kappa shape index (κ3) is 2.58. The number of aryl methyl sites for hydroxylation is 1. The van der Waals surface area contributed by atoms with Crippen molar-refractivity contribution < 1.29 is 19.4 Å². The maximum Gasteiger partial charge on any atom is 0.326 e. The van der Waals surface area contributed by atoms with E-state index in [1.165, 1.54) is 18.2 Å². The summed E-state index contributed by atoms with van der Waals surface area (Å²) in [4.78, 5) is 29.0. The lowest BCUT2D eigenvalue weighted by Gasteiger charge is -2.21. The topological polar surface area (TPSA) is 79.7 Å². The third-order valence-corrected chi connectivity index (χ3v) is 3.35. The van der Waals surface area contributed by atoms with Crippen LogP contribution in [0.15, 0.2) is 18.3 Å². The van der Waals surface area contributed by atoms with Gasteiger partial charge in [-0.05, 0) is 18.6 Å². The maximum atomic E-state index is 12.4. The minimum absolute atomic E-state index is 0.242. The molecule has 0 spiro atoms. The van der Waals surface area contributed by atoms with Crippen LogP contribution in [0.4, 0.5) is 0 Å². The van der Waals surface area contributed by atoms with Crippen LogP contribution >= 0.6 is 0 Å². The average Bonchev–Trinajstić information content (AvgIpc) is 2.83. The zero-order valence-electron chi connectivity index (χ0n) is 10.9. The first kappa shape index (κ1) is 13.5. The van der Waals surface area contributed by atoms with E-state index in [9.17, 15) is 14.7 Å².